The summed E-state index contributed by atoms with van der Waals surface area (Å²) in [4.78, 5) is 15.6. The van der Waals surface area contributed by atoms with E-state index in [9.17, 15) is 18.0 Å². The van der Waals surface area contributed by atoms with Crippen molar-refractivity contribution in [3.05, 3.63) is 39.6 Å². The van der Waals surface area contributed by atoms with E-state index in [1.807, 2.05) is 0 Å². The lowest BCUT2D eigenvalue weighted by Crippen LogP contribution is -2.09. The van der Waals surface area contributed by atoms with Gasteiger partial charge in [0.2, 0.25) is 0 Å². The molecule has 0 aromatic carbocycles. The number of aryl methyl sites for hydroxylation is 1. The molecule has 0 unspecified atom stereocenters. The summed E-state index contributed by atoms with van der Waals surface area (Å²) in [7, 11) is 0. The number of aromatic carboxylic acids is 1. The van der Waals surface area contributed by atoms with Gasteiger partial charge in [0.1, 0.15) is 0 Å². The number of rotatable bonds is 3. The van der Waals surface area contributed by atoms with E-state index in [4.69, 9.17) is 5.11 Å². The van der Waals surface area contributed by atoms with Gasteiger partial charge >= 0.3 is 12.1 Å². The van der Waals surface area contributed by atoms with E-state index in [-0.39, 0.29) is 6.54 Å². The first-order valence-electron chi connectivity index (χ1n) is 5.19. The van der Waals surface area contributed by atoms with Crippen LogP contribution in [0.15, 0.2) is 18.6 Å². The zero-order valence-corrected chi connectivity index (χ0v) is 10.5. The molecule has 2 heterocycles. The maximum Gasteiger partial charge on any atom is 0.418 e. The molecule has 0 fully saturated rings. The number of carbonyl (C=O) groups is 1. The second-order valence-electron chi connectivity index (χ2n) is 3.91. The lowest BCUT2D eigenvalue weighted by Gasteiger charge is -2.04. The van der Waals surface area contributed by atoms with Crippen LogP contribution in [0.2, 0.25) is 0 Å². The predicted octanol–water partition coefficient (Wildman–Crippen LogP) is 3.02. The summed E-state index contributed by atoms with van der Waals surface area (Å²) >= 11 is 1.35. The molecule has 2 aromatic rings. The van der Waals surface area contributed by atoms with Crippen LogP contribution in [-0.4, -0.2) is 20.6 Å². The molecule has 0 amide bonds. The predicted molar refractivity (Wildman–Crippen MR) is 62.3 cm³/mol. The highest BCUT2D eigenvalue weighted by Gasteiger charge is 2.37. The van der Waals surface area contributed by atoms with E-state index < -0.39 is 23.3 Å². The highest BCUT2D eigenvalue weighted by molar-refractivity contribution is 7.11. The van der Waals surface area contributed by atoms with Gasteiger partial charge in [0, 0.05) is 23.5 Å². The van der Waals surface area contributed by atoms with E-state index in [1.54, 1.807) is 13.1 Å². The van der Waals surface area contributed by atoms with Crippen molar-refractivity contribution < 1.29 is 23.1 Å². The lowest BCUT2D eigenvalue weighted by atomic mass is 10.2. The molecule has 102 valence electrons. The average molecular weight is 290 g/mol. The van der Waals surface area contributed by atoms with E-state index in [0.29, 0.717) is 0 Å². The van der Waals surface area contributed by atoms with E-state index in [1.165, 1.54) is 15.9 Å². The minimum atomic E-state index is -4.68. The topological polar surface area (TPSA) is 55.1 Å². The summed E-state index contributed by atoms with van der Waals surface area (Å²) in [5, 5.41) is 9.59. The van der Waals surface area contributed by atoms with Gasteiger partial charge in [-0.25, -0.2) is 9.78 Å². The Morgan fingerprint density at radius 2 is 2.16 bits per heavy atom. The van der Waals surface area contributed by atoms with Crippen molar-refractivity contribution in [3.8, 4) is 0 Å². The van der Waals surface area contributed by atoms with Crippen molar-refractivity contribution in [2.75, 3.05) is 0 Å². The van der Waals surface area contributed by atoms with Crippen LogP contribution in [0.25, 0.3) is 0 Å². The van der Waals surface area contributed by atoms with Gasteiger partial charge < -0.3 is 9.67 Å². The number of thiazole rings is 1. The largest absolute Gasteiger partial charge is 0.478 e. The minimum Gasteiger partial charge on any atom is -0.478 e. The number of nitrogens with zero attached hydrogens (tertiary/aromatic N) is 2. The number of halogens is 3. The Hall–Kier alpha value is -1.83. The Morgan fingerprint density at radius 3 is 2.58 bits per heavy atom. The molecule has 1 N–H and O–H groups in total. The van der Waals surface area contributed by atoms with Gasteiger partial charge in [0.25, 0.3) is 0 Å². The fraction of sp³-hybridized carbons (Fsp3) is 0.273. The zero-order chi connectivity index (χ0) is 14.2. The van der Waals surface area contributed by atoms with Gasteiger partial charge in [-0.05, 0) is 6.92 Å². The Balaban J connectivity index is 2.35. The van der Waals surface area contributed by atoms with Crippen LogP contribution in [0.4, 0.5) is 13.2 Å². The third-order valence-corrected chi connectivity index (χ3v) is 3.32. The van der Waals surface area contributed by atoms with Crippen LogP contribution in [-0.2, 0) is 12.7 Å². The molecule has 0 bridgehead atoms. The van der Waals surface area contributed by atoms with Crippen LogP contribution in [0.3, 0.4) is 0 Å². The van der Waals surface area contributed by atoms with Gasteiger partial charge in [0.05, 0.1) is 22.7 Å². The molecular formula is C11H9F3N2O2S. The van der Waals surface area contributed by atoms with Gasteiger partial charge in [-0.15, -0.1) is 11.3 Å². The van der Waals surface area contributed by atoms with Gasteiger partial charge in [-0.2, -0.15) is 13.2 Å². The third kappa shape index (κ3) is 2.95. The molecule has 19 heavy (non-hydrogen) atoms. The van der Waals surface area contributed by atoms with Gasteiger partial charge in [0.15, 0.2) is 0 Å². The fourth-order valence-electron chi connectivity index (χ4n) is 1.65. The monoisotopic (exact) mass is 290 g/mol. The summed E-state index contributed by atoms with van der Waals surface area (Å²) in [5.41, 5.74) is -1.88. The molecule has 0 saturated carbocycles. The second-order valence-corrected chi connectivity index (χ2v) is 5.23. The van der Waals surface area contributed by atoms with Crippen LogP contribution in [0.5, 0.6) is 0 Å². The summed E-state index contributed by atoms with van der Waals surface area (Å²) in [6, 6.07) is 0. The van der Waals surface area contributed by atoms with Crippen molar-refractivity contribution in [2.24, 2.45) is 0 Å². The standard InChI is InChI=1S/C11H9F3N2O2S/c1-6-15-2-7(19-6)3-16-4-8(10(17)18)9(5-16)11(12,13)14/h2,4-5H,3H2,1H3,(H,17,18). The molecular weight excluding hydrogens is 281 g/mol. The van der Waals surface area contributed by atoms with E-state index >= 15 is 0 Å². The summed E-state index contributed by atoms with van der Waals surface area (Å²) in [6.07, 6.45) is -1.32. The summed E-state index contributed by atoms with van der Waals surface area (Å²) in [5.74, 6) is -1.59. The van der Waals surface area contributed by atoms with E-state index in [0.717, 1.165) is 22.3 Å². The first-order valence-corrected chi connectivity index (χ1v) is 6.00. The average Bonchev–Trinajstić information content (AvgIpc) is 2.85. The van der Waals surface area contributed by atoms with Crippen molar-refractivity contribution >= 4 is 17.3 Å². The number of alkyl halides is 3. The molecule has 0 aliphatic rings. The Bertz CT molecular complexity index is 616. The van der Waals surface area contributed by atoms with Gasteiger partial charge in [-0.3, -0.25) is 0 Å². The number of hydrogen-bond acceptors (Lipinski definition) is 3. The van der Waals surface area contributed by atoms with Crippen LogP contribution in [0.1, 0.15) is 25.8 Å². The first-order chi connectivity index (χ1) is 8.77. The number of hydrogen-bond donors (Lipinski definition) is 1. The fourth-order valence-corrected chi connectivity index (χ4v) is 2.46. The van der Waals surface area contributed by atoms with Crippen LogP contribution < -0.4 is 0 Å². The molecule has 2 rings (SSSR count). The SMILES string of the molecule is Cc1ncc(Cn2cc(C(=O)O)c(C(F)(F)F)c2)s1. The third-order valence-electron chi connectivity index (χ3n) is 2.42. The van der Waals surface area contributed by atoms with Crippen molar-refractivity contribution in [1.29, 1.82) is 0 Å². The molecule has 0 spiro atoms. The van der Waals surface area contributed by atoms with E-state index in [2.05, 4.69) is 4.98 Å². The Kier molecular flexibility index (Phi) is 3.36. The summed E-state index contributed by atoms with van der Waals surface area (Å²) in [6.45, 7) is 1.95. The van der Waals surface area contributed by atoms with Crippen molar-refractivity contribution in [2.45, 2.75) is 19.6 Å². The molecule has 4 nitrogen and oxygen atoms in total. The zero-order valence-electron chi connectivity index (χ0n) is 9.73. The molecule has 0 aliphatic heterocycles. The van der Waals surface area contributed by atoms with Crippen LogP contribution in [0, 0.1) is 6.92 Å². The first kappa shape index (κ1) is 13.6. The number of aromatic nitrogens is 2. The molecule has 0 radical (unpaired) electrons. The molecule has 0 aliphatic carbocycles. The lowest BCUT2D eigenvalue weighted by molar-refractivity contribution is -0.138. The molecule has 0 saturated heterocycles. The van der Waals surface area contributed by atoms with Crippen molar-refractivity contribution in [3.63, 3.8) is 0 Å². The highest BCUT2D eigenvalue weighted by Crippen LogP contribution is 2.33. The number of carboxylic acid groups (broad SMARTS) is 1. The molecule has 0 atom stereocenters. The Morgan fingerprint density at radius 1 is 1.47 bits per heavy atom. The quantitative estimate of drug-likeness (QED) is 0.945. The second kappa shape index (κ2) is 4.69. The van der Waals surface area contributed by atoms with Crippen molar-refractivity contribution in [1.82, 2.24) is 9.55 Å². The summed E-state index contributed by atoms with van der Waals surface area (Å²) < 4.78 is 39.2. The maximum atomic E-state index is 12.7. The highest BCUT2D eigenvalue weighted by atomic mass is 32.1. The normalized spacial score (nSPS) is 11.8. The minimum absolute atomic E-state index is 0.169. The molecule has 8 heteroatoms. The molecule has 2 aromatic heterocycles. The smallest absolute Gasteiger partial charge is 0.418 e. The Labute approximate surface area is 110 Å². The van der Waals surface area contributed by atoms with Crippen LogP contribution >= 0.6 is 11.3 Å². The van der Waals surface area contributed by atoms with Gasteiger partial charge in [-0.1, -0.05) is 0 Å². The number of carboxylic acids is 1. The maximum absolute atomic E-state index is 12.7.